The molecule has 1 aromatic carbocycles. The van der Waals surface area contributed by atoms with E-state index in [0.29, 0.717) is 46.0 Å². The van der Waals surface area contributed by atoms with Crippen molar-refractivity contribution in [1.82, 2.24) is 45.2 Å². The van der Waals surface area contributed by atoms with Crippen LogP contribution in [-0.2, 0) is 0 Å². The highest BCUT2D eigenvalue weighted by Gasteiger charge is 2.18. The van der Waals surface area contributed by atoms with E-state index < -0.39 is 0 Å². The number of hydrogen-bond donors (Lipinski definition) is 4. The normalized spacial score (nSPS) is 11.7. The molecule has 0 spiro atoms. The number of likely N-dealkylation sites (N-methyl/N-ethyl adjacent to an activating group) is 1. The predicted molar refractivity (Wildman–Crippen MR) is 137 cm³/mol. The first-order chi connectivity index (χ1) is 17.5. The van der Waals surface area contributed by atoms with Crippen molar-refractivity contribution in [2.45, 2.75) is 0 Å². The van der Waals surface area contributed by atoms with Crippen molar-refractivity contribution >= 4 is 27.8 Å². The quantitative estimate of drug-likeness (QED) is 0.270. The van der Waals surface area contributed by atoms with Gasteiger partial charge in [-0.1, -0.05) is 0 Å². The highest BCUT2D eigenvalue weighted by atomic mass is 19.1. The third kappa shape index (κ3) is 4.05. The molecule has 11 heteroatoms. The number of rotatable bonds is 7. The van der Waals surface area contributed by atoms with Gasteiger partial charge in [-0.25, -0.2) is 14.4 Å². The van der Waals surface area contributed by atoms with E-state index in [1.54, 1.807) is 18.6 Å². The van der Waals surface area contributed by atoms with Crippen LogP contribution < -0.4 is 5.32 Å². The van der Waals surface area contributed by atoms with Gasteiger partial charge in [0.2, 0.25) is 0 Å². The molecule has 0 radical (unpaired) electrons. The van der Waals surface area contributed by atoms with Gasteiger partial charge in [0.15, 0.2) is 11.5 Å². The lowest BCUT2D eigenvalue weighted by molar-refractivity contribution is 0.425. The summed E-state index contributed by atoms with van der Waals surface area (Å²) in [7, 11) is 3.99. The number of fused-ring (bicyclic) bond motifs is 2. The van der Waals surface area contributed by atoms with Crippen LogP contribution in [0.4, 0.5) is 10.1 Å². The molecule has 0 aliphatic rings. The maximum atomic E-state index is 14.5. The van der Waals surface area contributed by atoms with Gasteiger partial charge < -0.3 is 15.2 Å². The van der Waals surface area contributed by atoms with Crippen LogP contribution >= 0.6 is 0 Å². The van der Waals surface area contributed by atoms with Crippen molar-refractivity contribution < 1.29 is 4.39 Å². The lowest BCUT2D eigenvalue weighted by atomic mass is 10.1. The van der Waals surface area contributed by atoms with Gasteiger partial charge in [0.05, 0.1) is 28.6 Å². The van der Waals surface area contributed by atoms with Crippen molar-refractivity contribution in [3.8, 4) is 34.0 Å². The number of aromatic nitrogens is 8. The first-order valence-electron chi connectivity index (χ1n) is 11.4. The van der Waals surface area contributed by atoms with E-state index in [1.807, 2.05) is 38.4 Å². The fourth-order valence-electron chi connectivity index (χ4n) is 4.13. The zero-order valence-electron chi connectivity index (χ0n) is 19.7. The van der Waals surface area contributed by atoms with E-state index in [4.69, 9.17) is 9.97 Å². The van der Waals surface area contributed by atoms with E-state index in [-0.39, 0.29) is 5.82 Å². The van der Waals surface area contributed by atoms with Crippen LogP contribution in [0.15, 0.2) is 55.0 Å². The Balaban J connectivity index is 1.41. The Bertz CT molecular complexity index is 1670. The average molecular weight is 483 g/mol. The minimum Gasteiger partial charge on any atom is -0.384 e. The van der Waals surface area contributed by atoms with Crippen LogP contribution in [-0.4, -0.2) is 72.4 Å². The molecule has 4 N–H and O–H groups in total. The number of pyridine rings is 2. The molecule has 0 unspecified atom stereocenters. The van der Waals surface area contributed by atoms with Crippen LogP contribution in [0.1, 0.15) is 0 Å². The van der Waals surface area contributed by atoms with Crippen molar-refractivity contribution in [2.24, 2.45) is 0 Å². The van der Waals surface area contributed by atoms with Crippen LogP contribution in [0.3, 0.4) is 0 Å². The van der Waals surface area contributed by atoms with Gasteiger partial charge in [-0.15, -0.1) is 0 Å². The number of benzene rings is 1. The van der Waals surface area contributed by atoms with Gasteiger partial charge in [0, 0.05) is 42.3 Å². The molecular weight excluding hydrogens is 459 g/mol. The molecule has 0 saturated carbocycles. The molecule has 0 saturated heterocycles. The summed E-state index contributed by atoms with van der Waals surface area (Å²) in [6, 6.07) is 10.5. The molecule has 0 aliphatic heterocycles. The van der Waals surface area contributed by atoms with Gasteiger partial charge in [-0.05, 0) is 50.5 Å². The van der Waals surface area contributed by atoms with Crippen LogP contribution in [0, 0.1) is 5.82 Å². The number of H-pyrrole nitrogens is 3. The minimum absolute atomic E-state index is 0.344. The van der Waals surface area contributed by atoms with E-state index in [9.17, 15) is 4.39 Å². The second-order valence-electron chi connectivity index (χ2n) is 8.75. The van der Waals surface area contributed by atoms with Gasteiger partial charge >= 0.3 is 0 Å². The predicted octanol–water partition coefficient (Wildman–Crippen LogP) is 4.07. The van der Waals surface area contributed by atoms with Crippen molar-refractivity contribution in [3.05, 3.63) is 60.8 Å². The number of imidazole rings is 1. The number of anilines is 1. The summed E-state index contributed by atoms with van der Waals surface area (Å²) in [5.41, 5.74) is 7.00. The van der Waals surface area contributed by atoms with Crippen molar-refractivity contribution in [3.63, 3.8) is 0 Å². The van der Waals surface area contributed by atoms with E-state index in [2.05, 4.69) is 40.6 Å². The lowest BCUT2D eigenvalue weighted by Crippen LogP contribution is -2.20. The third-order valence-electron chi connectivity index (χ3n) is 5.89. The number of nitrogens with one attached hydrogen (secondary N) is 4. The maximum Gasteiger partial charge on any atom is 0.161 e. The van der Waals surface area contributed by atoms with Gasteiger partial charge in [-0.2, -0.15) is 10.2 Å². The van der Waals surface area contributed by atoms with Gasteiger partial charge in [-0.3, -0.25) is 15.2 Å². The largest absolute Gasteiger partial charge is 0.384 e. The fraction of sp³-hybridized carbons (Fsp3) is 0.160. The molecule has 5 aromatic heterocycles. The van der Waals surface area contributed by atoms with Gasteiger partial charge in [0.25, 0.3) is 0 Å². The molecule has 5 heterocycles. The Morgan fingerprint density at radius 1 is 0.972 bits per heavy atom. The second kappa shape index (κ2) is 8.86. The molecular formula is C25H23FN10. The smallest absolute Gasteiger partial charge is 0.161 e. The maximum absolute atomic E-state index is 14.5. The van der Waals surface area contributed by atoms with Crippen LogP contribution in [0.2, 0.25) is 0 Å². The summed E-state index contributed by atoms with van der Waals surface area (Å²) in [5.74, 6) is 0.201. The van der Waals surface area contributed by atoms with Crippen LogP contribution in [0.5, 0.6) is 0 Å². The molecule has 6 rings (SSSR count). The summed E-state index contributed by atoms with van der Waals surface area (Å²) < 4.78 is 14.5. The molecule has 0 aliphatic carbocycles. The molecule has 0 bridgehead atoms. The summed E-state index contributed by atoms with van der Waals surface area (Å²) in [4.78, 5) is 19.5. The summed E-state index contributed by atoms with van der Waals surface area (Å²) in [6.45, 7) is 1.52. The number of halogens is 1. The van der Waals surface area contributed by atoms with Crippen molar-refractivity contribution in [2.75, 3.05) is 32.5 Å². The standard InChI is InChI=1S/C25H23FN10/c1-36(2)8-7-27-17-10-14(9-16(26)11-17)21-22-19(5-6-28-21)32-25(33-22)24-23-20(34-35-24)4-3-18(31-23)15-12-29-30-13-15/h3-6,9-13,27H,7-8H2,1-2H3,(H,29,30)(H,32,33)(H,34,35). The van der Waals surface area contributed by atoms with E-state index >= 15 is 0 Å². The summed E-state index contributed by atoms with van der Waals surface area (Å²) in [5, 5.41) is 17.6. The fourth-order valence-corrected chi connectivity index (χ4v) is 4.13. The second-order valence-corrected chi connectivity index (χ2v) is 8.75. The Kier molecular flexibility index (Phi) is 5.38. The Morgan fingerprint density at radius 2 is 1.86 bits per heavy atom. The SMILES string of the molecule is CN(C)CCNc1cc(F)cc(-c2nccc3[nH]c(-c4n[nH]c5ccc(-c6cn[nH]c6)nc45)nc23)c1. The lowest BCUT2D eigenvalue weighted by Gasteiger charge is -2.12. The number of hydrogen-bond acceptors (Lipinski definition) is 7. The first-order valence-corrected chi connectivity index (χ1v) is 11.4. The zero-order chi connectivity index (χ0) is 24.6. The minimum atomic E-state index is -0.344. The Hall–Kier alpha value is -4.64. The van der Waals surface area contributed by atoms with E-state index in [0.717, 1.165) is 28.8 Å². The summed E-state index contributed by atoms with van der Waals surface area (Å²) >= 11 is 0. The molecule has 0 amide bonds. The average Bonchev–Trinajstić information content (AvgIpc) is 3.62. The summed E-state index contributed by atoms with van der Waals surface area (Å²) in [6.07, 6.45) is 5.19. The number of aromatic amines is 3. The molecule has 6 aromatic rings. The van der Waals surface area contributed by atoms with Crippen molar-refractivity contribution in [1.29, 1.82) is 0 Å². The molecule has 180 valence electrons. The van der Waals surface area contributed by atoms with Gasteiger partial charge in [0.1, 0.15) is 16.9 Å². The topological polar surface area (TPSA) is 127 Å². The molecule has 0 atom stereocenters. The van der Waals surface area contributed by atoms with E-state index in [1.165, 1.54) is 12.1 Å². The number of nitrogens with zero attached hydrogens (tertiary/aromatic N) is 6. The molecule has 10 nitrogen and oxygen atoms in total. The molecule has 0 fully saturated rings. The Labute approximate surface area is 205 Å². The first kappa shape index (κ1) is 21.9. The highest BCUT2D eigenvalue weighted by Crippen LogP contribution is 2.32. The third-order valence-corrected chi connectivity index (χ3v) is 5.89. The zero-order valence-corrected chi connectivity index (χ0v) is 19.7. The van der Waals surface area contributed by atoms with Crippen LogP contribution in [0.25, 0.3) is 56.1 Å². The molecule has 36 heavy (non-hydrogen) atoms. The highest BCUT2D eigenvalue weighted by molar-refractivity contribution is 5.95. The Morgan fingerprint density at radius 3 is 2.69 bits per heavy atom. The monoisotopic (exact) mass is 482 g/mol.